The molecule has 0 fully saturated rings. The average molecular weight is 330 g/mol. The largest absolute Gasteiger partial charge is 0.445 e. The Kier molecular flexibility index (Phi) is 3.79. The first-order chi connectivity index (χ1) is 11.7. The van der Waals surface area contributed by atoms with Crippen LogP contribution in [0.2, 0.25) is 0 Å². The molecule has 0 saturated heterocycles. The fourth-order valence-corrected chi connectivity index (χ4v) is 3.31. The molecule has 0 amide bonds. The van der Waals surface area contributed by atoms with E-state index in [1.54, 1.807) is 12.4 Å². The normalized spacial score (nSPS) is 16.2. The third-order valence-electron chi connectivity index (χ3n) is 4.56. The van der Waals surface area contributed by atoms with Crippen LogP contribution in [-0.4, -0.2) is 31.8 Å². The molecule has 8 heteroatoms. The van der Waals surface area contributed by atoms with Crippen LogP contribution < -0.4 is 9.68 Å². The summed E-state index contributed by atoms with van der Waals surface area (Å²) in [4.78, 5) is 36.4. The third-order valence-corrected chi connectivity index (χ3v) is 4.56. The minimum Gasteiger partial charge on any atom is -0.307 e. The van der Waals surface area contributed by atoms with Crippen LogP contribution in [0.5, 0.6) is 0 Å². The topological polar surface area (TPSA) is 88.2 Å². The zero-order valence-electron chi connectivity index (χ0n) is 13.2. The lowest BCUT2D eigenvalue weighted by Crippen LogP contribution is -2.36. The van der Waals surface area contributed by atoms with Crippen LogP contribution in [0.25, 0.3) is 0 Å². The van der Waals surface area contributed by atoms with Crippen molar-refractivity contribution in [2.75, 3.05) is 0 Å². The molecule has 2 aliphatic carbocycles. The van der Waals surface area contributed by atoms with E-state index < -0.39 is 11.9 Å². The quantitative estimate of drug-likeness (QED) is 0.743. The molecule has 0 aliphatic heterocycles. The maximum Gasteiger partial charge on any atom is 0.445 e. The number of carbonyl (C=O) groups is 2. The van der Waals surface area contributed by atoms with Gasteiger partial charge in [0.25, 0.3) is 0 Å². The van der Waals surface area contributed by atoms with Crippen molar-refractivity contribution < 1.29 is 19.3 Å². The number of carbonyl (C=O) groups excluding carboxylic acids is 2. The van der Waals surface area contributed by atoms with Crippen LogP contribution in [0.4, 0.5) is 0 Å². The van der Waals surface area contributed by atoms with E-state index in [0.717, 1.165) is 83.6 Å². The van der Waals surface area contributed by atoms with Crippen molar-refractivity contribution in [1.82, 2.24) is 19.9 Å². The van der Waals surface area contributed by atoms with Crippen molar-refractivity contribution in [2.24, 2.45) is 0 Å². The van der Waals surface area contributed by atoms with Crippen molar-refractivity contribution in [3.05, 3.63) is 34.9 Å². The molecule has 126 valence electrons. The Morgan fingerprint density at radius 3 is 1.62 bits per heavy atom. The highest BCUT2D eigenvalue weighted by Crippen LogP contribution is 2.20. The van der Waals surface area contributed by atoms with Crippen LogP contribution in [0.3, 0.4) is 0 Å². The van der Waals surface area contributed by atoms with E-state index in [1.165, 1.54) is 0 Å². The smallest absolute Gasteiger partial charge is 0.307 e. The number of aromatic nitrogens is 4. The molecule has 2 heterocycles. The second-order valence-corrected chi connectivity index (χ2v) is 6.15. The lowest BCUT2D eigenvalue weighted by Gasteiger charge is -2.13. The van der Waals surface area contributed by atoms with Gasteiger partial charge < -0.3 is 9.68 Å². The molecule has 0 saturated carbocycles. The van der Waals surface area contributed by atoms with Gasteiger partial charge >= 0.3 is 11.9 Å². The SMILES string of the molecule is O=C(On1ncc2c1CCCC2)C(=O)On1ncc2c1CCCC2. The maximum absolute atomic E-state index is 12.0. The van der Waals surface area contributed by atoms with Gasteiger partial charge in [-0.1, -0.05) is 9.69 Å². The molecule has 2 aromatic heterocycles. The van der Waals surface area contributed by atoms with Gasteiger partial charge in [-0.2, -0.15) is 0 Å². The fraction of sp³-hybridized carbons (Fsp3) is 0.500. The highest BCUT2D eigenvalue weighted by Gasteiger charge is 2.26. The molecule has 4 rings (SSSR count). The van der Waals surface area contributed by atoms with E-state index in [1.807, 2.05) is 0 Å². The average Bonchev–Trinajstić information content (AvgIpc) is 3.20. The Hall–Kier alpha value is -2.64. The van der Waals surface area contributed by atoms with Crippen LogP contribution in [-0.2, 0) is 35.3 Å². The molecular formula is C16H18N4O4. The number of fused-ring (bicyclic) bond motifs is 2. The van der Waals surface area contributed by atoms with Crippen LogP contribution >= 0.6 is 0 Å². The second kappa shape index (κ2) is 6.10. The minimum absolute atomic E-state index is 0.782. The van der Waals surface area contributed by atoms with Gasteiger partial charge in [0.15, 0.2) is 0 Å². The summed E-state index contributed by atoms with van der Waals surface area (Å²) in [5.41, 5.74) is 3.81. The Labute approximate surface area is 138 Å². The van der Waals surface area contributed by atoms with E-state index in [4.69, 9.17) is 9.68 Å². The lowest BCUT2D eigenvalue weighted by molar-refractivity contribution is -0.170. The summed E-state index contributed by atoms with van der Waals surface area (Å²) in [6.07, 6.45) is 11.0. The third kappa shape index (κ3) is 2.68. The first kappa shape index (κ1) is 14.9. The summed E-state index contributed by atoms with van der Waals surface area (Å²) in [5, 5.41) is 8.06. The first-order valence-electron chi connectivity index (χ1n) is 8.29. The van der Waals surface area contributed by atoms with Crippen LogP contribution in [0.15, 0.2) is 12.4 Å². The molecule has 0 radical (unpaired) electrons. The van der Waals surface area contributed by atoms with Crippen molar-refractivity contribution in [2.45, 2.75) is 51.4 Å². The molecule has 0 atom stereocenters. The van der Waals surface area contributed by atoms with Gasteiger partial charge in [0.1, 0.15) is 0 Å². The van der Waals surface area contributed by atoms with Crippen molar-refractivity contribution in [1.29, 1.82) is 0 Å². The molecule has 0 unspecified atom stereocenters. The van der Waals surface area contributed by atoms with Gasteiger partial charge in [-0.05, 0) is 62.5 Å². The highest BCUT2D eigenvalue weighted by atomic mass is 16.8. The van der Waals surface area contributed by atoms with Gasteiger partial charge in [-0.3, -0.25) is 0 Å². The van der Waals surface area contributed by atoms with Gasteiger partial charge in [-0.15, -0.1) is 10.2 Å². The molecule has 2 aromatic rings. The number of hydrogen-bond donors (Lipinski definition) is 0. The Morgan fingerprint density at radius 1 is 0.750 bits per heavy atom. The molecule has 8 nitrogen and oxygen atoms in total. The predicted molar refractivity (Wildman–Crippen MR) is 80.9 cm³/mol. The summed E-state index contributed by atoms with van der Waals surface area (Å²) in [7, 11) is 0. The fourth-order valence-electron chi connectivity index (χ4n) is 3.31. The van der Waals surface area contributed by atoms with Gasteiger partial charge in [0, 0.05) is 0 Å². The number of hydrogen-bond acceptors (Lipinski definition) is 6. The Morgan fingerprint density at radius 2 is 1.17 bits per heavy atom. The molecule has 24 heavy (non-hydrogen) atoms. The summed E-state index contributed by atoms with van der Waals surface area (Å²) < 4.78 is 0. The molecular weight excluding hydrogens is 312 g/mol. The summed E-state index contributed by atoms with van der Waals surface area (Å²) in [6, 6.07) is 0. The first-order valence-corrected chi connectivity index (χ1v) is 8.29. The van der Waals surface area contributed by atoms with Crippen molar-refractivity contribution in [3.63, 3.8) is 0 Å². The maximum atomic E-state index is 12.0. The molecule has 0 spiro atoms. The van der Waals surface area contributed by atoms with Crippen LogP contribution in [0.1, 0.15) is 48.2 Å². The zero-order chi connectivity index (χ0) is 16.5. The highest BCUT2D eigenvalue weighted by molar-refractivity contribution is 6.29. The van der Waals surface area contributed by atoms with E-state index in [9.17, 15) is 9.59 Å². The molecule has 0 N–H and O–H groups in total. The van der Waals surface area contributed by atoms with Crippen molar-refractivity contribution >= 4 is 11.9 Å². The summed E-state index contributed by atoms with van der Waals surface area (Å²) >= 11 is 0. The number of rotatable bonds is 2. The zero-order valence-corrected chi connectivity index (χ0v) is 13.2. The van der Waals surface area contributed by atoms with Gasteiger partial charge in [0.05, 0.1) is 23.8 Å². The standard InChI is InChI=1S/C16H18N4O4/c21-15(23-19-13-7-3-1-5-11(13)9-17-19)16(22)24-20-14-8-4-2-6-12(14)10-18-20/h9-10H,1-8H2. The Balaban J connectivity index is 1.44. The van der Waals surface area contributed by atoms with E-state index in [-0.39, 0.29) is 0 Å². The van der Waals surface area contributed by atoms with Crippen LogP contribution in [0, 0.1) is 0 Å². The van der Waals surface area contributed by atoms with Gasteiger partial charge in [0.2, 0.25) is 0 Å². The number of aryl methyl sites for hydroxylation is 2. The summed E-state index contributed by atoms with van der Waals surface area (Å²) in [5.74, 6) is -2.21. The molecule has 0 aromatic carbocycles. The van der Waals surface area contributed by atoms with E-state index in [2.05, 4.69) is 10.2 Å². The molecule has 2 aliphatic rings. The Bertz CT molecular complexity index is 726. The lowest BCUT2D eigenvalue weighted by atomic mass is 9.99. The van der Waals surface area contributed by atoms with Gasteiger partial charge in [-0.25, -0.2) is 9.59 Å². The molecule has 0 bridgehead atoms. The monoisotopic (exact) mass is 330 g/mol. The second-order valence-electron chi connectivity index (χ2n) is 6.15. The summed E-state index contributed by atoms with van der Waals surface area (Å²) in [6.45, 7) is 0. The predicted octanol–water partition coefficient (Wildman–Crippen LogP) is 0.448. The number of nitrogens with zero attached hydrogens (tertiary/aromatic N) is 4. The van der Waals surface area contributed by atoms with E-state index >= 15 is 0 Å². The minimum atomic E-state index is -1.11. The van der Waals surface area contributed by atoms with E-state index in [0.29, 0.717) is 0 Å². The van der Waals surface area contributed by atoms with Crippen molar-refractivity contribution in [3.8, 4) is 0 Å².